The van der Waals surface area contributed by atoms with Gasteiger partial charge in [0.05, 0.1) is 0 Å². The van der Waals surface area contributed by atoms with E-state index < -0.39 is 0 Å². The van der Waals surface area contributed by atoms with Crippen LogP contribution in [0.15, 0.2) is 43.6 Å². The van der Waals surface area contributed by atoms with Crippen molar-refractivity contribution in [1.82, 2.24) is 0 Å². The average Bonchev–Trinajstić information content (AvgIpc) is 2.18. The van der Waals surface area contributed by atoms with E-state index in [1.54, 1.807) is 6.20 Å². The molecule has 0 unspecified atom stereocenters. The number of anilines is 1. The second-order valence-corrected chi connectivity index (χ2v) is 3.17. The molecule has 0 aliphatic rings. The highest BCUT2D eigenvalue weighted by molar-refractivity contribution is 6.32. The van der Waals surface area contributed by atoms with Crippen LogP contribution in [-0.4, -0.2) is 14.4 Å². The van der Waals surface area contributed by atoms with Crippen LogP contribution >= 0.6 is 0 Å². The van der Waals surface area contributed by atoms with Gasteiger partial charge >= 0.3 is 0 Å². The van der Waals surface area contributed by atoms with Crippen LogP contribution < -0.4 is 10.4 Å². The molecular weight excluding hydrogens is 169 g/mol. The summed E-state index contributed by atoms with van der Waals surface area (Å²) >= 11 is 0. The minimum Gasteiger partial charge on any atom is -0.345 e. The summed E-state index contributed by atoms with van der Waals surface area (Å²) in [6, 6.07) is 5.85. The summed E-state index contributed by atoms with van der Waals surface area (Å²) in [7, 11) is 5.73. The summed E-state index contributed by atoms with van der Waals surface area (Å²) in [5.41, 5.74) is 3.03. The van der Waals surface area contributed by atoms with Gasteiger partial charge < -0.3 is 4.90 Å². The first-order valence-electron chi connectivity index (χ1n) is 4.55. The van der Waals surface area contributed by atoms with Gasteiger partial charge in [0.15, 0.2) is 0 Å². The zero-order valence-electron chi connectivity index (χ0n) is 8.53. The number of nitrogens with zero attached hydrogens (tertiary/aromatic N) is 1. The van der Waals surface area contributed by atoms with Crippen molar-refractivity contribution >= 4 is 19.0 Å². The van der Waals surface area contributed by atoms with E-state index in [1.165, 1.54) is 5.56 Å². The third kappa shape index (κ3) is 2.29. The average molecular weight is 183 g/mol. The Kier molecular flexibility index (Phi) is 3.58. The van der Waals surface area contributed by atoms with E-state index in [2.05, 4.69) is 13.2 Å². The maximum absolute atomic E-state index is 5.73. The van der Waals surface area contributed by atoms with E-state index in [0.29, 0.717) is 0 Å². The Hall–Kier alpha value is -1.44. The number of aryl methyl sites for hydroxylation is 1. The molecule has 0 saturated heterocycles. The van der Waals surface area contributed by atoms with E-state index in [-0.39, 0.29) is 0 Å². The molecule has 14 heavy (non-hydrogen) atoms. The first kappa shape index (κ1) is 10.6. The molecule has 0 fully saturated rings. The normalized spacial score (nSPS) is 9.50. The number of benzene rings is 1. The fourth-order valence-electron chi connectivity index (χ4n) is 1.35. The maximum atomic E-state index is 5.73. The van der Waals surface area contributed by atoms with E-state index in [0.717, 1.165) is 17.7 Å². The number of rotatable bonds is 4. The van der Waals surface area contributed by atoms with Crippen molar-refractivity contribution < 1.29 is 0 Å². The van der Waals surface area contributed by atoms with Gasteiger partial charge in [0, 0.05) is 12.2 Å². The molecule has 0 heterocycles. The highest BCUT2D eigenvalue weighted by Crippen LogP contribution is 2.17. The van der Waals surface area contributed by atoms with E-state index in [4.69, 9.17) is 7.85 Å². The van der Waals surface area contributed by atoms with Gasteiger partial charge in [0.1, 0.15) is 7.85 Å². The molecule has 0 aromatic heterocycles. The maximum Gasteiger partial charge on any atom is 0.113 e. The second-order valence-electron chi connectivity index (χ2n) is 3.17. The molecule has 1 aromatic rings. The highest BCUT2D eigenvalue weighted by Gasteiger charge is 2.03. The van der Waals surface area contributed by atoms with E-state index >= 15 is 0 Å². The number of hydrogen-bond donors (Lipinski definition) is 0. The molecule has 1 aromatic carbocycles. The van der Waals surface area contributed by atoms with Crippen LogP contribution in [0.4, 0.5) is 5.69 Å². The lowest BCUT2D eigenvalue weighted by atomic mass is 9.94. The Morgan fingerprint density at radius 1 is 1.43 bits per heavy atom. The topological polar surface area (TPSA) is 3.24 Å². The van der Waals surface area contributed by atoms with Crippen LogP contribution in [0.2, 0.25) is 0 Å². The van der Waals surface area contributed by atoms with Crippen LogP contribution in [-0.2, 0) is 0 Å². The Morgan fingerprint density at radius 3 is 2.71 bits per heavy atom. The lowest BCUT2D eigenvalue weighted by Crippen LogP contribution is -2.18. The zero-order valence-corrected chi connectivity index (χ0v) is 8.53. The van der Waals surface area contributed by atoms with Gasteiger partial charge in [-0.25, -0.2) is 0 Å². The van der Waals surface area contributed by atoms with Crippen molar-refractivity contribution in [3.63, 3.8) is 0 Å². The van der Waals surface area contributed by atoms with Gasteiger partial charge in [-0.2, -0.15) is 0 Å². The molecule has 0 N–H and O–H groups in total. The molecule has 70 valence electrons. The summed E-state index contributed by atoms with van der Waals surface area (Å²) < 4.78 is 0. The number of hydrogen-bond acceptors (Lipinski definition) is 1. The van der Waals surface area contributed by atoms with Crippen LogP contribution in [0.1, 0.15) is 5.56 Å². The molecule has 0 aliphatic carbocycles. The minimum absolute atomic E-state index is 0.744. The Morgan fingerprint density at radius 2 is 2.14 bits per heavy atom. The molecule has 1 nitrogen and oxygen atoms in total. The van der Waals surface area contributed by atoms with E-state index in [1.807, 2.05) is 36.1 Å². The summed E-state index contributed by atoms with van der Waals surface area (Å²) in [5, 5.41) is 0. The van der Waals surface area contributed by atoms with Gasteiger partial charge in [-0.1, -0.05) is 30.3 Å². The molecule has 2 radical (unpaired) electrons. The Labute approximate surface area is 87.2 Å². The second kappa shape index (κ2) is 4.70. The third-order valence-corrected chi connectivity index (χ3v) is 2.09. The summed E-state index contributed by atoms with van der Waals surface area (Å²) in [4.78, 5) is 2.01. The SMILES string of the molecule is [B]c1ccc(C)c(N(C=C)CC=C)c1. The molecule has 2 heteroatoms. The molecular formula is C12H14BN. The van der Waals surface area contributed by atoms with Crippen LogP contribution in [0.3, 0.4) is 0 Å². The summed E-state index contributed by atoms with van der Waals surface area (Å²) in [5.74, 6) is 0. The van der Waals surface area contributed by atoms with Gasteiger partial charge in [-0.3, -0.25) is 0 Å². The van der Waals surface area contributed by atoms with Crippen LogP contribution in [0, 0.1) is 6.92 Å². The van der Waals surface area contributed by atoms with Gasteiger partial charge in [-0.05, 0) is 24.8 Å². The molecule has 0 aliphatic heterocycles. The van der Waals surface area contributed by atoms with Gasteiger partial charge in [0.2, 0.25) is 0 Å². The summed E-state index contributed by atoms with van der Waals surface area (Å²) in [6.45, 7) is 10.3. The molecule has 0 saturated carbocycles. The van der Waals surface area contributed by atoms with Crippen molar-refractivity contribution in [3.8, 4) is 0 Å². The smallest absolute Gasteiger partial charge is 0.113 e. The van der Waals surface area contributed by atoms with Gasteiger partial charge in [-0.15, -0.1) is 6.58 Å². The quantitative estimate of drug-likeness (QED) is 0.509. The monoisotopic (exact) mass is 183 g/mol. The zero-order chi connectivity index (χ0) is 10.6. The van der Waals surface area contributed by atoms with Crippen molar-refractivity contribution in [1.29, 1.82) is 0 Å². The van der Waals surface area contributed by atoms with Crippen molar-refractivity contribution in [2.24, 2.45) is 0 Å². The standard InChI is InChI=1S/C12H14BN/c1-4-8-14(5-2)12-9-11(13)7-6-10(12)3/h4-7,9H,1-2,8H2,3H3. The molecule has 0 amide bonds. The van der Waals surface area contributed by atoms with E-state index in [9.17, 15) is 0 Å². The first-order valence-corrected chi connectivity index (χ1v) is 4.55. The largest absolute Gasteiger partial charge is 0.345 e. The van der Waals surface area contributed by atoms with Gasteiger partial charge in [0.25, 0.3) is 0 Å². The molecule has 0 atom stereocenters. The van der Waals surface area contributed by atoms with Crippen molar-refractivity contribution in [3.05, 3.63) is 49.2 Å². The Balaban J connectivity index is 3.07. The predicted molar refractivity (Wildman–Crippen MR) is 64.3 cm³/mol. The highest BCUT2D eigenvalue weighted by atomic mass is 15.1. The minimum atomic E-state index is 0.744. The molecule has 1 rings (SSSR count). The first-order chi connectivity index (χ1) is 6.69. The van der Waals surface area contributed by atoms with Crippen molar-refractivity contribution in [2.45, 2.75) is 6.92 Å². The Bertz CT molecular complexity index is 344. The fraction of sp³-hybridized carbons (Fsp3) is 0.167. The summed E-state index contributed by atoms with van der Waals surface area (Å²) in [6.07, 6.45) is 3.62. The third-order valence-electron chi connectivity index (χ3n) is 2.09. The molecule has 0 spiro atoms. The lowest BCUT2D eigenvalue weighted by molar-refractivity contribution is 1.08. The van der Waals surface area contributed by atoms with Crippen LogP contribution in [0.25, 0.3) is 0 Å². The fourth-order valence-corrected chi connectivity index (χ4v) is 1.35. The lowest BCUT2D eigenvalue weighted by Gasteiger charge is -2.21. The van der Waals surface area contributed by atoms with Crippen LogP contribution in [0.5, 0.6) is 0 Å². The van der Waals surface area contributed by atoms with Crippen molar-refractivity contribution in [2.75, 3.05) is 11.4 Å². The molecule has 0 bridgehead atoms. The predicted octanol–water partition coefficient (Wildman–Crippen LogP) is 1.92.